The van der Waals surface area contributed by atoms with Gasteiger partial charge in [-0.1, -0.05) is 34.8 Å². The first kappa shape index (κ1) is 14.4. The van der Waals surface area contributed by atoms with E-state index < -0.39 is 5.97 Å². The molecule has 1 heterocycles. The van der Waals surface area contributed by atoms with Crippen LogP contribution in [0.5, 0.6) is 5.88 Å². The third-order valence-electron chi connectivity index (χ3n) is 1.55. The number of halogens is 3. The highest BCUT2D eigenvalue weighted by Gasteiger charge is 2.12. The van der Waals surface area contributed by atoms with Crippen molar-refractivity contribution >= 4 is 40.8 Å². The van der Waals surface area contributed by atoms with Crippen LogP contribution >= 0.6 is 34.8 Å². The molecule has 0 amide bonds. The molecule has 1 aromatic heterocycles. The van der Waals surface area contributed by atoms with Crippen molar-refractivity contribution in [1.29, 1.82) is 0 Å². The molecule has 0 aromatic carbocycles. The number of carbonyl (C=O) groups excluding carboxylic acids is 1. The molecule has 0 fully saturated rings. The fraction of sp³-hybridized carbons (Fsp3) is 0.400. The van der Waals surface area contributed by atoms with Gasteiger partial charge in [0.2, 0.25) is 5.88 Å². The molecule has 94 valence electrons. The lowest BCUT2D eigenvalue weighted by Gasteiger charge is -2.10. The lowest BCUT2D eigenvalue weighted by Crippen LogP contribution is -2.19. The fourth-order valence-corrected chi connectivity index (χ4v) is 1.50. The summed E-state index contributed by atoms with van der Waals surface area (Å²) in [6.07, 6.45) is -0.205. The van der Waals surface area contributed by atoms with Crippen molar-refractivity contribution < 1.29 is 14.3 Å². The summed E-state index contributed by atoms with van der Waals surface area (Å²) in [4.78, 5) is 15.0. The second-order valence-electron chi connectivity index (χ2n) is 3.38. The highest BCUT2D eigenvalue weighted by molar-refractivity contribution is 6.42. The van der Waals surface area contributed by atoms with Crippen LogP contribution in [0.25, 0.3) is 0 Å². The lowest BCUT2D eigenvalue weighted by molar-refractivity contribution is -0.149. The molecule has 0 radical (unpaired) electrons. The van der Waals surface area contributed by atoms with Gasteiger partial charge in [0.25, 0.3) is 0 Å². The molecular weight excluding hydrogens is 288 g/mol. The van der Waals surface area contributed by atoms with Crippen molar-refractivity contribution in [3.05, 3.63) is 21.3 Å². The Morgan fingerprint density at radius 1 is 1.35 bits per heavy atom. The molecular formula is C10H10Cl3NO3. The summed E-state index contributed by atoms with van der Waals surface area (Å²) in [5, 5.41) is 0.453. The molecule has 1 rings (SSSR count). The predicted molar refractivity (Wildman–Crippen MR) is 66.0 cm³/mol. The van der Waals surface area contributed by atoms with Crippen molar-refractivity contribution in [3.8, 4) is 5.88 Å². The number of hydrogen-bond acceptors (Lipinski definition) is 4. The molecule has 0 aliphatic carbocycles. The Balaban J connectivity index is 2.63. The molecule has 0 unspecified atom stereocenters. The van der Waals surface area contributed by atoms with Crippen molar-refractivity contribution in [2.24, 2.45) is 0 Å². The molecule has 0 aliphatic heterocycles. The van der Waals surface area contributed by atoms with Gasteiger partial charge in [0.05, 0.1) is 11.1 Å². The number of carbonyl (C=O) groups is 1. The quantitative estimate of drug-likeness (QED) is 0.631. The number of hydrogen-bond donors (Lipinski definition) is 0. The minimum absolute atomic E-state index is 0.0433. The Labute approximate surface area is 114 Å². The third-order valence-corrected chi connectivity index (χ3v) is 2.49. The van der Waals surface area contributed by atoms with Crippen LogP contribution in [0, 0.1) is 0 Å². The van der Waals surface area contributed by atoms with Crippen LogP contribution < -0.4 is 4.74 Å². The molecule has 0 atom stereocenters. The Morgan fingerprint density at radius 2 is 2.00 bits per heavy atom. The normalized spacial score (nSPS) is 10.5. The van der Waals surface area contributed by atoms with Gasteiger partial charge < -0.3 is 9.47 Å². The second-order valence-corrected chi connectivity index (χ2v) is 4.55. The molecule has 0 bridgehead atoms. The van der Waals surface area contributed by atoms with E-state index in [4.69, 9.17) is 44.3 Å². The summed E-state index contributed by atoms with van der Waals surface area (Å²) < 4.78 is 9.95. The van der Waals surface area contributed by atoms with E-state index in [1.165, 1.54) is 6.07 Å². The number of pyridine rings is 1. The van der Waals surface area contributed by atoms with E-state index in [2.05, 4.69) is 4.98 Å². The van der Waals surface area contributed by atoms with Gasteiger partial charge in [0.15, 0.2) is 11.8 Å². The van der Waals surface area contributed by atoms with E-state index in [-0.39, 0.29) is 33.8 Å². The van der Waals surface area contributed by atoms with Gasteiger partial charge >= 0.3 is 5.97 Å². The topological polar surface area (TPSA) is 48.4 Å². The van der Waals surface area contributed by atoms with E-state index in [9.17, 15) is 4.79 Å². The third kappa shape index (κ3) is 4.58. The zero-order valence-corrected chi connectivity index (χ0v) is 11.4. The molecule has 7 heteroatoms. The van der Waals surface area contributed by atoms with Gasteiger partial charge in [-0.2, -0.15) is 4.98 Å². The molecule has 0 spiro atoms. The zero-order valence-electron chi connectivity index (χ0n) is 9.17. The number of aromatic nitrogens is 1. The van der Waals surface area contributed by atoms with Gasteiger partial charge in [0.1, 0.15) is 5.02 Å². The molecule has 0 saturated heterocycles. The first-order valence-electron chi connectivity index (χ1n) is 4.74. The highest BCUT2D eigenvalue weighted by Crippen LogP contribution is 2.30. The molecule has 1 aromatic rings. The molecule has 0 aliphatic rings. The maximum atomic E-state index is 11.2. The smallest absolute Gasteiger partial charge is 0.344 e. The largest absolute Gasteiger partial charge is 0.465 e. The maximum absolute atomic E-state index is 11.2. The van der Waals surface area contributed by atoms with Crippen LogP contribution in [0.1, 0.15) is 13.8 Å². The van der Waals surface area contributed by atoms with Crippen molar-refractivity contribution in [2.45, 2.75) is 20.0 Å². The van der Waals surface area contributed by atoms with Gasteiger partial charge in [-0.05, 0) is 19.9 Å². The van der Waals surface area contributed by atoms with Crippen LogP contribution in [0.2, 0.25) is 15.2 Å². The average molecular weight is 299 g/mol. The van der Waals surface area contributed by atoms with E-state index in [0.717, 1.165) is 0 Å². The zero-order chi connectivity index (χ0) is 13.0. The summed E-state index contributed by atoms with van der Waals surface area (Å²) in [6, 6.07) is 1.39. The van der Waals surface area contributed by atoms with Gasteiger partial charge in [0, 0.05) is 0 Å². The summed E-state index contributed by atoms with van der Waals surface area (Å²) >= 11 is 17.2. The minimum atomic E-state index is -0.510. The number of nitrogens with zero attached hydrogens (tertiary/aromatic N) is 1. The van der Waals surface area contributed by atoms with Crippen molar-refractivity contribution in [3.63, 3.8) is 0 Å². The first-order chi connectivity index (χ1) is 7.90. The summed E-state index contributed by atoms with van der Waals surface area (Å²) in [6.45, 7) is 3.19. The Hall–Kier alpha value is -0.710. The Kier molecular flexibility index (Phi) is 5.31. The summed E-state index contributed by atoms with van der Waals surface area (Å²) in [7, 11) is 0. The summed E-state index contributed by atoms with van der Waals surface area (Å²) in [5.41, 5.74) is 0. The fourth-order valence-electron chi connectivity index (χ4n) is 0.954. The molecule has 0 saturated carbocycles. The average Bonchev–Trinajstić information content (AvgIpc) is 2.20. The Bertz CT molecular complexity index is 424. The van der Waals surface area contributed by atoms with Gasteiger partial charge in [-0.15, -0.1) is 0 Å². The van der Waals surface area contributed by atoms with Crippen LogP contribution in [0.15, 0.2) is 6.07 Å². The van der Waals surface area contributed by atoms with Crippen LogP contribution in [-0.4, -0.2) is 23.7 Å². The van der Waals surface area contributed by atoms with Crippen molar-refractivity contribution in [1.82, 2.24) is 4.98 Å². The predicted octanol–water partition coefficient (Wildman–Crippen LogP) is 3.37. The van der Waals surface area contributed by atoms with E-state index in [0.29, 0.717) is 0 Å². The van der Waals surface area contributed by atoms with Gasteiger partial charge in [-0.3, -0.25) is 0 Å². The van der Waals surface area contributed by atoms with Crippen LogP contribution in [-0.2, 0) is 9.53 Å². The lowest BCUT2D eigenvalue weighted by atomic mass is 10.5. The molecule has 17 heavy (non-hydrogen) atoms. The molecule has 4 nitrogen and oxygen atoms in total. The first-order valence-corrected chi connectivity index (χ1v) is 5.87. The standard InChI is InChI=1S/C10H10Cl3NO3/c1-5(2)17-8(15)4-16-10-7(12)3-6(11)9(13)14-10/h3,5H,4H2,1-2H3. The van der Waals surface area contributed by atoms with Crippen LogP contribution in [0.3, 0.4) is 0 Å². The van der Waals surface area contributed by atoms with E-state index >= 15 is 0 Å². The highest BCUT2D eigenvalue weighted by atomic mass is 35.5. The number of rotatable bonds is 4. The SMILES string of the molecule is CC(C)OC(=O)COc1nc(Cl)c(Cl)cc1Cl. The van der Waals surface area contributed by atoms with E-state index in [1.807, 2.05) is 0 Å². The minimum Gasteiger partial charge on any atom is -0.465 e. The van der Waals surface area contributed by atoms with Crippen molar-refractivity contribution in [2.75, 3.05) is 6.61 Å². The van der Waals surface area contributed by atoms with Crippen LogP contribution in [0.4, 0.5) is 0 Å². The number of ether oxygens (including phenoxy) is 2. The second kappa shape index (κ2) is 6.28. The number of esters is 1. The molecule has 0 N–H and O–H groups in total. The summed E-state index contributed by atoms with van der Waals surface area (Å²) in [5.74, 6) is -0.467. The van der Waals surface area contributed by atoms with E-state index in [1.54, 1.807) is 13.8 Å². The maximum Gasteiger partial charge on any atom is 0.344 e. The van der Waals surface area contributed by atoms with Gasteiger partial charge in [-0.25, -0.2) is 4.79 Å². The monoisotopic (exact) mass is 297 g/mol. The Morgan fingerprint density at radius 3 is 2.59 bits per heavy atom.